The predicted octanol–water partition coefficient (Wildman–Crippen LogP) is 1.12. The van der Waals surface area contributed by atoms with Crippen molar-refractivity contribution in [3.8, 4) is 0 Å². The minimum atomic E-state index is -0.503. The second-order valence-corrected chi connectivity index (χ2v) is 5.98. The van der Waals surface area contributed by atoms with E-state index in [1.807, 2.05) is 41.3 Å². The van der Waals surface area contributed by atoms with E-state index in [4.69, 9.17) is 5.73 Å². The monoisotopic (exact) mass is 324 g/mol. The molecule has 1 aliphatic heterocycles. The molecule has 0 radical (unpaired) electrons. The Morgan fingerprint density at radius 3 is 2.62 bits per heavy atom. The Labute approximate surface area is 140 Å². The molecule has 1 aromatic heterocycles. The number of aromatic nitrogens is 1. The van der Waals surface area contributed by atoms with Crippen LogP contribution in [0.15, 0.2) is 59.3 Å². The quantitative estimate of drug-likeness (QED) is 0.883. The Morgan fingerprint density at radius 2 is 2.00 bits per heavy atom. The minimum Gasteiger partial charge on any atom is -0.364 e. The number of pyridine rings is 1. The number of rotatable bonds is 4. The molecule has 2 aromatic rings. The highest BCUT2D eigenvalue weighted by Gasteiger charge is 2.28. The molecule has 1 atom stereocenters. The van der Waals surface area contributed by atoms with Gasteiger partial charge in [-0.3, -0.25) is 9.59 Å². The van der Waals surface area contributed by atoms with Crippen molar-refractivity contribution in [1.29, 1.82) is 0 Å². The molecular weight excluding hydrogens is 304 g/mol. The number of nitrogens with zero attached hydrogens (tertiary/aromatic N) is 2. The van der Waals surface area contributed by atoms with Crippen molar-refractivity contribution in [2.45, 2.75) is 19.6 Å². The molecule has 1 unspecified atom stereocenters. The standard InChI is InChI=1S/C18H20N4O2/c1-12-8-14(10-21(2)18(12)24)17-20-15(16(19)23)11-22(17)9-13-6-4-3-5-7-13/h3-8,10-11,17,20H,9H2,1-2H3,(H2,19,23). The van der Waals surface area contributed by atoms with Crippen molar-refractivity contribution < 1.29 is 4.79 Å². The summed E-state index contributed by atoms with van der Waals surface area (Å²) in [6.07, 6.45) is 3.27. The van der Waals surface area contributed by atoms with E-state index in [1.54, 1.807) is 30.9 Å². The van der Waals surface area contributed by atoms with E-state index in [-0.39, 0.29) is 11.7 Å². The molecule has 0 saturated carbocycles. The molecule has 0 bridgehead atoms. The van der Waals surface area contributed by atoms with Crippen LogP contribution in [0.3, 0.4) is 0 Å². The smallest absolute Gasteiger partial charge is 0.266 e. The van der Waals surface area contributed by atoms with Gasteiger partial charge in [-0.05, 0) is 18.6 Å². The molecule has 2 heterocycles. The zero-order valence-electron chi connectivity index (χ0n) is 13.7. The molecule has 3 N–H and O–H groups in total. The summed E-state index contributed by atoms with van der Waals surface area (Å²) in [7, 11) is 1.72. The number of hydrogen-bond acceptors (Lipinski definition) is 4. The second-order valence-electron chi connectivity index (χ2n) is 5.98. The predicted molar refractivity (Wildman–Crippen MR) is 91.6 cm³/mol. The maximum absolute atomic E-state index is 11.9. The second kappa shape index (κ2) is 6.23. The van der Waals surface area contributed by atoms with Crippen molar-refractivity contribution in [3.63, 3.8) is 0 Å². The molecule has 24 heavy (non-hydrogen) atoms. The van der Waals surface area contributed by atoms with Crippen LogP contribution < -0.4 is 16.6 Å². The fraction of sp³-hybridized carbons (Fsp3) is 0.222. The van der Waals surface area contributed by atoms with E-state index in [2.05, 4.69) is 5.32 Å². The van der Waals surface area contributed by atoms with Gasteiger partial charge in [0.05, 0.1) is 0 Å². The Balaban J connectivity index is 1.96. The summed E-state index contributed by atoms with van der Waals surface area (Å²) < 4.78 is 1.55. The molecule has 1 aliphatic rings. The fourth-order valence-electron chi connectivity index (χ4n) is 2.91. The summed E-state index contributed by atoms with van der Waals surface area (Å²) in [6, 6.07) is 11.8. The maximum Gasteiger partial charge on any atom is 0.266 e. The van der Waals surface area contributed by atoms with Crippen LogP contribution in [0.2, 0.25) is 0 Å². The van der Waals surface area contributed by atoms with Gasteiger partial charge in [0.25, 0.3) is 11.5 Å². The highest BCUT2D eigenvalue weighted by molar-refractivity contribution is 5.91. The number of hydrogen-bond donors (Lipinski definition) is 2. The number of nitrogens with two attached hydrogens (primary N) is 1. The van der Waals surface area contributed by atoms with E-state index < -0.39 is 5.91 Å². The first kappa shape index (κ1) is 15.9. The van der Waals surface area contributed by atoms with Crippen molar-refractivity contribution in [1.82, 2.24) is 14.8 Å². The van der Waals surface area contributed by atoms with Crippen LogP contribution in [0.1, 0.15) is 22.9 Å². The van der Waals surface area contributed by atoms with Gasteiger partial charge in [-0.25, -0.2) is 0 Å². The first-order chi connectivity index (χ1) is 11.5. The molecule has 6 nitrogen and oxygen atoms in total. The lowest BCUT2D eigenvalue weighted by atomic mass is 10.1. The van der Waals surface area contributed by atoms with Crippen LogP contribution in [0.4, 0.5) is 0 Å². The zero-order valence-corrected chi connectivity index (χ0v) is 13.7. The van der Waals surface area contributed by atoms with E-state index in [9.17, 15) is 9.59 Å². The molecule has 0 spiro atoms. The molecule has 6 heteroatoms. The zero-order chi connectivity index (χ0) is 17.3. The number of amides is 1. The van der Waals surface area contributed by atoms with E-state index in [0.717, 1.165) is 11.1 Å². The molecule has 1 amide bonds. The normalized spacial score (nSPS) is 16.7. The van der Waals surface area contributed by atoms with E-state index in [0.29, 0.717) is 17.8 Å². The van der Waals surface area contributed by atoms with Crippen LogP contribution >= 0.6 is 0 Å². The molecule has 0 aliphatic carbocycles. The van der Waals surface area contributed by atoms with Gasteiger partial charge in [-0.15, -0.1) is 0 Å². The number of carbonyl (C=O) groups excluding carboxylic acids is 1. The van der Waals surface area contributed by atoms with Crippen LogP contribution in [0, 0.1) is 6.92 Å². The lowest BCUT2D eigenvalue weighted by molar-refractivity contribution is -0.114. The third-order valence-corrected chi connectivity index (χ3v) is 4.09. The average molecular weight is 324 g/mol. The van der Waals surface area contributed by atoms with Gasteiger partial charge in [-0.2, -0.15) is 0 Å². The van der Waals surface area contributed by atoms with Gasteiger partial charge in [0.1, 0.15) is 11.9 Å². The van der Waals surface area contributed by atoms with Gasteiger partial charge in [-0.1, -0.05) is 30.3 Å². The fourth-order valence-corrected chi connectivity index (χ4v) is 2.91. The molecule has 124 valence electrons. The number of primary amides is 1. The van der Waals surface area contributed by atoms with Crippen molar-refractivity contribution in [2.24, 2.45) is 12.8 Å². The summed E-state index contributed by atoms with van der Waals surface area (Å²) in [4.78, 5) is 25.5. The highest BCUT2D eigenvalue weighted by atomic mass is 16.1. The number of aryl methyl sites for hydroxylation is 2. The summed E-state index contributed by atoms with van der Waals surface area (Å²) >= 11 is 0. The first-order valence-corrected chi connectivity index (χ1v) is 7.70. The van der Waals surface area contributed by atoms with Gasteiger partial charge in [0.15, 0.2) is 0 Å². The summed E-state index contributed by atoms with van der Waals surface area (Å²) in [6.45, 7) is 2.40. The SMILES string of the molecule is Cc1cc(C2NC(C(N)=O)=CN2Cc2ccccc2)cn(C)c1=O. The number of nitrogens with one attached hydrogen (secondary N) is 1. The van der Waals surface area contributed by atoms with Gasteiger partial charge in [0, 0.05) is 37.1 Å². The summed E-state index contributed by atoms with van der Waals surface area (Å²) in [5.74, 6) is -0.503. The largest absolute Gasteiger partial charge is 0.364 e. The summed E-state index contributed by atoms with van der Waals surface area (Å²) in [5, 5.41) is 3.15. The Bertz CT molecular complexity index is 829. The van der Waals surface area contributed by atoms with Crippen molar-refractivity contribution in [3.05, 3.63) is 81.5 Å². The van der Waals surface area contributed by atoms with Crippen molar-refractivity contribution in [2.75, 3.05) is 0 Å². The molecule has 0 saturated heterocycles. The van der Waals surface area contributed by atoms with Crippen LogP contribution in [-0.2, 0) is 18.4 Å². The molecule has 3 rings (SSSR count). The third kappa shape index (κ3) is 3.03. The van der Waals surface area contributed by atoms with Gasteiger partial charge >= 0.3 is 0 Å². The molecular formula is C18H20N4O2. The first-order valence-electron chi connectivity index (χ1n) is 7.70. The lowest BCUT2D eigenvalue weighted by Gasteiger charge is -2.26. The Kier molecular flexibility index (Phi) is 4.12. The molecule has 0 fully saturated rings. The Hall–Kier alpha value is -3.02. The summed E-state index contributed by atoms with van der Waals surface area (Å²) in [5.41, 5.74) is 8.43. The number of carbonyl (C=O) groups is 1. The van der Waals surface area contributed by atoms with E-state index >= 15 is 0 Å². The molecule has 1 aromatic carbocycles. The highest BCUT2D eigenvalue weighted by Crippen LogP contribution is 2.27. The average Bonchev–Trinajstić information content (AvgIpc) is 2.97. The van der Waals surface area contributed by atoms with Crippen molar-refractivity contribution >= 4 is 5.91 Å². The van der Waals surface area contributed by atoms with E-state index in [1.165, 1.54) is 0 Å². The maximum atomic E-state index is 11.9. The minimum absolute atomic E-state index is 0.0329. The Morgan fingerprint density at radius 1 is 1.29 bits per heavy atom. The number of benzene rings is 1. The van der Waals surface area contributed by atoms with Crippen LogP contribution in [-0.4, -0.2) is 15.4 Å². The third-order valence-electron chi connectivity index (χ3n) is 4.09. The van der Waals surface area contributed by atoms with Crippen LogP contribution in [0.5, 0.6) is 0 Å². The van der Waals surface area contributed by atoms with Gasteiger partial charge in [0.2, 0.25) is 0 Å². The topological polar surface area (TPSA) is 80.4 Å². The lowest BCUT2D eigenvalue weighted by Crippen LogP contribution is -2.31. The van der Waals surface area contributed by atoms with Gasteiger partial charge < -0.3 is 20.5 Å². The van der Waals surface area contributed by atoms with Crippen LogP contribution in [0.25, 0.3) is 0 Å².